The Labute approximate surface area is 119 Å². The molecule has 0 aromatic heterocycles. The van der Waals surface area contributed by atoms with Gasteiger partial charge in [0.15, 0.2) is 0 Å². The minimum atomic E-state index is 0.00696. The van der Waals surface area contributed by atoms with E-state index >= 15 is 0 Å². The number of rotatable bonds is 4. The van der Waals surface area contributed by atoms with E-state index in [4.69, 9.17) is 4.74 Å². The highest BCUT2D eigenvalue weighted by Gasteiger charge is 2.29. The van der Waals surface area contributed by atoms with Crippen LogP contribution in [-0.4, -0.2) is 36.9 Å². The Bertz CT molecular complexity index is 605. The van der Waals surface area contributed by atoms with Gasteiger partial charge in [-0.1, -0.05) is 42.5 Å². The van der Waals surface area contributed by atoms with Gasteiger partial charge in [0, 0.05) is 6.54 Å². The highest BCUT2D eigenvalue weighted by Crippen LogP contribution is 2.22. The number of hydrogen-bond acceptors (Lipinski definition) is 3. The zero-order chi connectivity index (χ0) is 13.9. The van der Waals surface area contributed by atoms with Gasteiger partial charge >= 0.3 is 0 Å². The number of carbonyl (C=O) groups excluding carboxylic acids is 1. The summed E-state index contributed by atoms with van der Waals surface area (Å²) in [5.74, 6) is 0. The number of likely N-dealkylation sites (tertiary alicyclic amines) is 1. The molecule has 0 bridgehead atoms. The van der Waals surface area contributed by atoms with Gasteiger partial charge in [0.2, 0.25) is 0 Å². The van der Waals surface area contributed by atoms with E-state index in [2.05, 4.69) is 41.3 Å². The van der Waals surface area contributed by atoms with Gasteiger partial charge in [-0.25, -0.2) is 0 Å². The zero-order valence-electron chi connectivity index (χ0n) is 11.7. The van der Waals surface area contributed by atoms with Crippen LogP contribution >= 0.6 is 0 Å². The van der Waals surface area contributed by atoms with Crippen LogP contribution in [0.5, 0.6) is 0 Å². The molecule has 1 aliphatic rings. The summed E-state index contributed by atoms with van der Waals surface area (Å²) in [5.41, 5.74) is 1.21. The van der Waals surface area contributed by atoms with Gasteiger partial charge in [0.25, 0.3) is 0 Å². The van der Waals surface area contributed by atoms with Crippen LogP contribution in [0.25, 0.3) is 10.8 Å². The highest BCUT2D eigenvalue weighted by atomic mass is 16.5. The summed E-state index contributed by atoms with van der Waals surface area (Å²) in [6.45, 7) is 1.43. The fourth-order valence-corrected chi connectivity index (χ4v) is 2.89. The predicted molar refractivity (Wildman–Crippen MR) is 79.6 cm³/mol. The van der Waals surface area contributed by atoms with E-state index in [1.807, 2.05) is 13.1 Å². The van der Waals surface area contributed by atoms with Crippen molar-refractivity contribution in [3.05, 3.63) is 48.0 Å². The molecule has 1 aliphatic heterocycles. The summed E-state index contributed by atoms with van der Waals surface area (Å²) >= 11 is 0. The quantitative estimate of drug-likeness (QED) is 0.799. The number of fused-ring (bicyclic) bond motifs is 1. The Balaban J connectivity index is 1.70. The smallest absolute Gasteiger partial charge is 0.137 e. The average Bonchev–Trinajstić information content (AvgIpc) is 2.85. The van der Waals surface area contributed by atoms with Crippen LogP contribution < -0.4 is 0 Å². The van der Waals surface area contributed by atoms with Gasteiger partial charge in [-0.05, 0) is 29.8 Å². The summed E-state index contributed by atoms with van der Waals surface area (Å²) < 4.78 is 6.00. The average molecular weight is 269 g/mol. The molecule has 1 unspecified atom stereocenters. The van der Waals surface area contributed by atoms with Crippen LogP contribution in [0.3, 0.4) is 0 Å². The Morgan fingerprint density at radius 2 is 2.05 bits per heavy atom. The minimum Gasteiger partial charge on any atom is -0.372 e. The van der Waals surface area contributed by atoms with Gasteiger partial charge in [-0.3, -0.25) is 4.90 Å². The lowest BCUT2D eigenvalue weighted by atomic mass is 10.1. The Hall–Kier alpha value is -1.71. The summed E-state index contributed by atoms with van der Waals surface area (Å²) in [5, 5.41) is 2.48. The third-order valence-electron chi connectivity index (χ3n) is 4.07. The van der Waals surface area contributed by atoms with E-state index in [0.717, 1.165) is 19.3 Å². The summed E-state index contributed by atoms with van der Waals surface area (Å²) in [4.78, 5) is 13.0. The third-order valence-corrected chi connectivity index (χ3v) is 4.07. The molecule has 2 atom stereocenters. The molecule has 0 aliphatic carbocycles. The summed E-state index contributed by atoms with van der Waals surface area (Å²) in [6.07, 6.45) is 1.96. The van der Waals surface area contributed by atoms with Crippen molar-refractivity contribution in [3.63, 3.8) is 0 Å². The molecule has 0 radical (unpaired) electrons. The van der Waals surface area contributed by atoms with Crippen molar-refractivity contribution in [2.75, 3.05) is 13.6 Å². The Morgan fingerprint density at radius 1 is 1.25 bits per heavy atom. The molecule has 0 N–H and O–H groups in total. The fraction of sp³-hybridized carbons (Fsp3) is 0.353. The van der Waals surface area contributed by atoms with Crippen LogP contribution in [0, 0.1) is 0 Å². The number of nitrogens with zero attached hydrogens (tertiary/aromatic N) is 1. The molecule has 1 heterocycles. The first-order chi connectivity index (χ1) is 9.78. The van der Waals surface area contributed by atoms with Crippen LogP contribution in [0.4, 0.5) is 0 Å². The number of ether oxygens (including phenoxy) is 1. The molecule has 3 heteroatoms. The van der Waals surface area contributed by atoms with Crippen molar-refractivity contribution in [2.45, 2.75) is 25.2 Å². The van der Waals surface area contributed by atoms with Crippen LogP contribution in [0.1, 0.15) is 12.0 Å². The summed E-state index contributed by atoms with van der Waals surface area (Å²) in [6, 6.07) is 14.6. The van der Waals surface area contributed by atoms with Crippen molar-refractivity contribution < 1.29 is 9.53 Å². The predicted octanol–water partition coefficient (Wildman–Crippen LogP) is 2.63. The maximum absolute atomic E-state index is 10.9. The normalized spacial score (nSPS) is 23.2. The largest absolute Gasteiger partial charge is 0.372 e. The van der Waals surface area contributed by atoms with E-state index in [-0.39, 0.29) is 12.1 Å². The van der Waals surface area contributed by atoms with Gasteiger partial charge in [0.1, 0.15) is 6.29 Å². The van der Waals surface area contributed by atoms with E-state index in [9.17, 15) is 4.79 Å². The minimum absolute atomic E-state index is 0.00696. The molecule has 1 fully saturated rings. The van der Waals surface area contributed by atoms with Crippen LogP contribution in [0.15, 0.2) is 42.5 Å². The van der Waals surface area contributed by atoms with Crippen molar-refractivity contribution >= 4 is 17.1 Å². The standard InChI is InChI=1S/C17H19NO2/c1-18-10-16(9-15(18)11-19)20-12-14-7-4-6-13-5-2-3-8-17(13)14/h2-8,11,15-16H,9-10,12H2,1H3/t15?,16-/m1/s1. The van der Waals surface area contributed by atoms with Crippen LogP contribution in [0.2, 0.25) is 0 Å². The monoisotopic (exact) mass is 269 g/mol. The second-order valence-corrected chi connectivity index (χ2v) is 5.45. The molecule has 20 heavy (non-hydrogen) atoms. The van der Waals surface area contributed by atoms with Gasteiger partial charge in [0.05, 0.1) is 18.8 Å². The van der Waals surface area contributed by atoms with Crippen molar-refractivity contribution in [1.82, 2.24) is 4.90 Å². The lowest BCUT2D eigenvalue weighted by Gasteiger charge is -2.13. The lowest BCUT2D eigenvalue weighted by molar-refractivity contribution is -0.111. The molecule has 0 saturated carbocycles. The molecule has 3 nitrogen and oxygen atoms in total. The SMILES string of the molecule is CN1C[C@H](OCc2cccc3ccccc23)CC1C=O. The van der Waals surface area contributed by atoms with E-state index in [1.165, 1.54) is 16.3 Å². The van der Waals surface area contributed by atoms with E-state index < -0.39 is 0 Å². The molecule has 0 amide bonds. The lowest BCUT2D eigenvalue weighted by Crippen LogP contribution is -2.26. The first kappa shape index (κ1) is 13.3. The second-order valence-electron chi connectivity index (χ2n) is 5.45. The second kappa shape index (κ2) is 5.73. The Morgan fingerprint density at radius 3 is 2.85 bits per heavy atom. The molecule has 2 aromatic rings. The van der Waals surface area contributed by atoms with Crippen molar-refractivity contribution in [3.8, 4) is 0 Å². The molecular formula is C17H19NO2. The van der Waals surface area contributed by atoms with E-state index in [1.54, 1.807) is 0 Å². The van der Waals surface area contributed by atoms with E-state index in [0.29, 0.717) is 6.61 Å². The van der Waals surface area contributed by atoms with Gasteiger partial charge in [-0.15, -0.1) is 0 Å². The number of benzene rings is 2. The molecule has 0 spiro atoms. The Kier molecular flexibility index (Phi) is 3.81. The number of carbonyl (C=O) groups is 1. The third kappa shape index (κ3) is 2.60. The molecule has 1 saturated heterocycles. The van der Waals surface area contributed by atoms with Crippen molar-refractivity contribution in [1.29, 1.82) is 0 Å². The topological polar surface area (TPSA) is 29.5 Å². The van der Waals surface area contributed by atoms with Crippen LogP contribution in [-0.2, 0) is 16.1 Å². The fourth-order valence-electron chi connectivity index (χ4n) is 2.89. The molecule has 3 rings (SSSR count). The molecular weight excluding hydrogens is 250 g/mol. The molecule has 104 valence electrons. The first-order valence-electron chi connectivity index (χ1n) is 7.01. The summed E-state index contributed by atoms with van der Waals surface area (Å²) in [7, 11) is 1.97. The maximum atomic E-state index is 10.9. The zero-order valence-corrected chi connectivity index (χ0v) is 11.7. The maximum Gasteiger partial charge on any atom is 0.137 e. The van der Waals surface area contributed by atoms with Gasteiger partial charge < -0.3 is 9.53 Å². The molecule has 2 aromatic carbocycles. The number of hydrogen-bond donors (Lipinski definition) is 0. The van der Waals surface area contributed by atoms with Gasteiger partial charge in [-0.2, -0.15) is 0 Å². The van der Waals surface area contributed by atoms with Crippen molar-refractivity contribution in [2.24, 2.45) is 0 Å². The first-order valence-corrected chi connectivity index (χ1v) is 7.01. The number of likely N-dealkylation sites (N-methyl/N-ethyl adjacent to an activating group) is 1. The number of aldehydes is 1. The highest BCUT2D eigenvalue weighted by molar-refractivity contribution is 5.85.